The fourth-order valence-corrected chi connectivity index (χ4v) is 5.17. The van der Waals surface area contributed by atoms with Crippen LogP contribution in [0.5, 0.6) is 0 Å². The third kappa shape index (κ3) is 4.86. The molecule has 0 aliphatic carbocycles. The van der Waals surface area contributed by atoms with Crippen molar-refractivity contribution in [1.29, 1.82) is 0 Å². The van der Waals surface area contributed by atoms with E-state index in [1.54, 1.807) is 34.6 Å². The van der Waals surface area contributed by atoms with Gasteiger partial charge in [0.05, 0.1) is 10.6 Å². The van der Waals surface area contributed by atoms with Crippen molar-refractivity contribution in [2.75, 3.05) is 18.4 Å². The van der Waals surface area contributed by atoms with Crippen LogP contribution in [0.1, 0.15) is 41.7 Å². The highest BCUT2D eigenvalue weighted by atomic mass is 32.2. The monoisotopic (exact) mass is 438 g/mol. The average Bonchev–Trinajstić information content (AvgIpc) is 3.09. The van der Waals surface area contributed by atoms with E-state index in [0.29, 0.717) is 30.2 Å². The molecule has 3 aromatic rings. The van der Waals surface area contributed by atoms with Crippen LogP contribution >= 0.6 is 0 Å². The van der Waals surface area contributed by atoms with Crippen molar-refractivity contribution in [3.8, 4) is 11.3 Å². The molecule has 2 heterocycles. The Hall–Kier alpha value is -2.97. The molecule has 1 saturated heterocycles. The molecule has 0 unspecified atom stereocenters. The fraction of sp³-hybridized carbons (Fsp3) is 0.304. The smallest absolute Gasteiger partial charge is 0.273 e. The Labute approximate surface area is 182 Å². The minimum atomic E-state index is -3.51. The first-order valence-corrected chi connectivity index (χ1v) is 11.9. The summed E-state index contributed by atoms with van der Waals surface area (Å²) in [6.07, 6.45) is 3.91. The first-order chi connectivity index (χ1) is 14.9. The number of aryl methyl sites for hydroxylation is 1. The van der Waals surface area contributed by atoms with Crippen molar-refractivity contribution >= 4 is 21.6 Å². The largest absolute Gasteiger partial charge is 0.321 e. The van der Waals surface area contributed by atoms with Gasteiger partial charge in [0.1, 0.15) is 5.69 Å². The predicted octanol–water partition coefficient (Wildman–Crippen LogP) is 4.20. The molecule has 1 aromatic heterocycles. The number of anilines is 1. The Bertz CT molecular complexity index is 1140. The van der Waals surface area contributed by atoms with Crippen LogP contribution in [0.2, 0.25) is 0 Å². The number of H-pyrrole nitrogens is 1. The van der Waals surface area contributed by atoms with Crippen LogP contribution in [-0.2, 0) is 10.0 Å². The quantitative estimate of drug-likeness (QED) is 0.624. The first kappa shape index (κ1) is 21.3. The highest BCUT2D eigenvalue weighted by Crippen LogP contribution is 2.23. The summed E-state index contributed by atoms with van der Waals surface area (Å²) in [7, 11) is -3.51. The van der Waals surface area contributed by atoms with E-state index >= 15 is 0 Å². The molecule has 1 aliphatic rings. The standard InChI is InChI=1S/C23H26N4O3S/c1-17-6-8-18(9-7-17)21-16-22(26-25-21)23(28)24-19-10-12-20(13-11-19)31(29,30)27-14-4-2-3-5-15-27/h6-13,16H,2-5,14-15H2,1H3,(H,24,28)(H,25,26). The number of carbonyl (C=O) groups is 1. The number of aromatic nitrogens is 2. The number of carbonyl (C=O) groups excluding carboxylic acids is 1. The molecular formula is C23H26N4O3S. The molecule has 0 spiro atoms. The second kappa shape index (κ2) is 9.03. The van der Waals surface area contributed by atoms with Gasteiger partial charge in [-0.1, -0.05) is 42.7 Å². The van der Waals surface area contributed by atoms with Gasteiger partial charge in [-0.15, -0.1) is 0 Å². The third-order valence-electron chi connectivity index (χ3n) is 5.48. The molecule has 2 N–H and O–H groups in total. The van der Waals surface area contributed by atoms with Crippen LogP contribution in [0.25, 0.3) is 11.3 Å². The molecule has 8 heteroatoms. The molecule has 1 fully saturated rings. The number of amides is 1. The summed E-state index contributed by atoms with van der Waals surface area (Å²) >= 11 is 0. The molecule has 0 bridgehead atoms. The summed E-state index contributed by atoms with van der Waals surface area (Å²) in [5.41, 5.74) is 3.61. The van der Waals surface area contributed by atoms with Crippen molar-refractivity contribution in [2.45, 2.75) is 37.5 Å². The zero-order chi connectivity index (χ0) is 21.8. The predicted molar refractivity (Wildman–Crippen MR) is 120 cm³/mol. The molecular weight excluding hydrogens is 412 g/mol. The highest BCUT2D eigenvalue weighted by molar-refractivity contribution is 7.89. The van der Waals surface area contributed by atoms with Crippen LogP contribution in [-0.4, -0.2) is 41.9 Å². The number of hydrogen-bond donors (Lipinski definition) is 2. The highest BCUT2D eigenvalue weighted by Gasteiger charge is 2.25. The van der Waals surface area contributed by atoms with Crippen LogP contribution < -0.4 is 5.32 Å². The van der Waals surface area contributed by atoms with E-state index in [0.717, 1.165) is 36.8 Å². The van der Waals surface area contributed by atoms with Gasteiger partial charge in [-0.2, -0.15) is 9.40 Å². The van der Waals surface area contributed by atoms with Crippen molar-refractivity contribution in [3.05, 3.63) is 65.9 Å². The van der Waals surface area contributed by atoms with E-state index < -0.39 is 10.0 Å². The van der Waals surface area contributed by atoms with Gasteiger partial charge in [-0.25, -0.2) is 8.42 Å². The summed E-state index contributed by atoms with van der Waals surface area (Å²) in [5, 5.41) is 9.75. The van der Waals surface area contributed by atoms with E-state index in [1.807, 2.05) is 31.2 Å². The summed E-state index contributed by atoms with van der Waals surface area (Å²) in [6, 6.07) is 15.9. The lowest BCUT2D eigenvalue weighted by molar-refractivity contribution is 0.102. The lowest BCUT2D eigenvalue weighted by Gasteiger charge is -2.20. The van der Waals surface area contributed by atoms with Crippen molar-refractivity contribution in [2.24, 2.45) is 0 Å². The Morgan fingerprint density at radius 3 is 2.26 bits per heavy atom. The number of benzene rings is 2. The average molecular weight is 439 g/mol. The van der Waals surface area contributed by atoms with E-state index in [2.05, 4.69) is 15.5 Å². The van der Waals surface area contributed by atoms with Gasteiger partial charge >= 0.3 is 0 Å². The van der Waals surface area contributed by atoms with Gasteiger partial charge < -0.3 is 5.32 Å². The van der Waals surface area contributed by atoms with Crippen molar-refractivity contribution < 1.29 is 13.2 Å². The normalized spacial score (nSPS) is 15.4. The molecule has 1 aliphatic heterocycles. The summed E-state index contributed by atoms with van der Waals surface area (Å²) in [5.74, 6) is -0.339. The lowest BCUT2D eigenvalue weighted by Crippen LogP contribution is -2.31. The maximum absolute atomic E-state index is 12.9. The van der Waals surface area contributed by atoms with E-state index in [-0.39, 0.29) is 10.8 Å². The number of aromatic amines is 1. The second-order valence-electron chi connectivity index (χ2n) is 7.83. The molecule has 162 valence electrons. The lowest BCUT2D eigenvalue weighted by atomic mass is 10.1. The number of hydrogen-bond acceptors (Lipinski definition) is 4. The van der Waals surface area contributed by atoms with Crippen molar-refractivity contribution in [1.82, 2.24) is 14.5 Å². The summed E-state index contributed by atoms with van der Waals surface area (Å²) < 4.78 is 27.3. The van der Waals surface area contributed by atoms with Gasteiger partial charge in [0, 0.05) is 24.3 Å². The Kier molecular flexibility index (Phi) is 6.20. The van der Waals surface area contributed by atoms with Crippen LogP contribution in [0, 0.1) is 6.92 Å². The number of nitrogens with one attached hydrogen (secondary N) is 2. The van der Waals surface area contributed by atoms with Crippen LogP contribution in [0.3, 0.4) is 0 Å². The maximum atomic E-state index is 12.9. The van der Waals surface area contributed by atoms with Crippen molar-refractivity contribution in [3.63, 3.8) is 0 Å². The molecule has 7 nitrogen and oxygen atoms in total. The fourth-order valence-electron chi connectivity index (χ4n) is 3.65. The molecule has 31 heavy (non-hydrogen) atoms. The maximum Gasteiger partial charge on any atom is 0.273 e. The molecule has 2 aromatic carbocycles. The number of nitrogens with zero attached hydrogens (tertiary/aromatic N) is 2. The van der Waals surface area contributed by atoms with E-state index in [9.17, 15) is 13.2 Å². The topological polar surface area (TPSA) is 95.2 Å². The van der Waals surface area contributed by atoms with Gasteiger partial charge in [-0.05, 0) is 50.1 Å². The Morgan fingerprint density at radius 2 is 1.61 bits per heavy atom. The molecule has 0 radical (unpaired) electrons. The van der Waals surface area contributed by atoms with E-state index in [1.165, 1.54) is 0 Å². The Balaban J connectivity index is 1.44. The van der Waals surface area contributed by atoms with Gasteiger partial charge in [-0.3, -0.25) is 9.89 Å². The van der Waals surface area contributed by atoms with E-state index in [4.69, 9.17) is 0 Å². The molecule has 1 amide bonds. The summed E-state index contributed by atoms with van der Waals surface area (Å²) in [6.45, 7) is 3.13. The first-order valence-electron chi connectivity index (χ1n) is 10.5. The van der Waals surface area contributed by atoms with Gasteiger partial charge in [0.15, 0.2) is 0 Å². The number of rotatable bonds is 5. The van der Waals surface area contributed by atoms with Gasteiger partial charge in [0.2, 0.25) is 10.0 Å². The molecule has 0 atom stereocenters. The third-order valence-corrected chi connectivity index (χ3v) is 7.40. The van der Waals surface area contributed by atoms with Crippen LogP contribution in [0.4, 0.5) is 5.69 Å². The zero-order valence-corrected chi connectivity index (χ0v) is 18.3. The minimum Gasteiger partial charge on any atom is -0.321 e. The molecule has 0 saturated carbocycles. The molecule has 4 rings (SSSR count). The number of sulfonamides is 1. The zero-order valence-electron chi connectivity index (χ0n) is 17.5. The Morgan fingerprint density at radius 1 is 0.968 bits per heavy atom. The summed E-state index contributed by atoms with van der Waals surface area (Å²) in [4.78, 5) is 12.8. The SMILES string of the molecule is Cc1ccc(-c2cc(C(=O)Nc3ccc(S(=O)(=O)N4CCCCCC4)cc3)[nH]n2)cc1. The minimum absolute atomic E-state index is 0.246. The van der Waals surface area contributed by atoms with Gasteiger partial charge in [0.25, 0.3) is 5.91 Å². The van der Waals surface area contributed by atoms with Crippen LogP contribution in [0.15, 0.2) is 59.5 Å². The second-order valence-corrected chi connectivity index (χ2v) is 9.77.